The number of hydrogen-bond donors (Lipinski definition) is 2. The number of benzene rings is 2. The Morgan fingerprint density at radius 1 is 1.16 bits per heavy atom. The summed E-state index contributed by atoms with van der Waals surface area (Å²) in [7, 11) is -3.69. The van der Waals surface area contributed by atoms with Crippen molar-refractivity contribution >= 4 is 31.6 Å². The summed E-state index contributed by atoms with van der Waals surface area (Å²) in [5.74, 6) is 0.658. The Bertz CT molecular complexity index is 938. The van der Waals surface area contributed by atoms with Crippen LogP contribution in [-0.4, -0.2) is 14.5 Å². The molecular weight excluding hydrogens is 400 g/mol. The van der Waals surface area contributed by atoms with Crippen molar-refractivity contribution in [2.75, 3.05) is 5.32 Å². The molecule has 3 N–H and O–H groups in total. The molecule has 2 aromatic rings. The largest absolute Gasteiger partial charge is 0.381 e. The zero-order chi connectivity index (χ0) is 17.6. The van der Waals surface area contributed by atoms with Gasteiger partial charge < -0.3 is 5.32 Å². The van der Waals surface area contributed by atoms with Crippen LogP contribution in [0, 0.1) is 5.92 Å². The fourth-order valence-electron chi connectivity index (χ4n) is 3.93. The molecular formula is C19H19BrN2O2S. The lowest BCUT2D eigenvalue weighted by Gasteiger charge is -2.37. The van der Waals surface area contributed by atoms with Gasteiger partial charge in [0.25, 0.3) is 0 Å². The molecule has 130 valence electrons. The van der Waals surface area contributed by atoms with Gasteiger partial charge in [0.1, 0.15) is 0 Å². The summed E-state index contributed by atoms with van der Waals surface area (Å²) in [6, 6.07) is 13.9. The standard InChI is InChI=1S/C19H19BrN2O2S/c20-13-6-4-12(5-7-13)10-19-16-3-1-2-15(16)17-11-14(25(21,23)24)8-9-18(17)22-19/h1-2,4-9,11,15-16,19,22H,3,10H2,(H2,21,23,24). The second kappa shape index (κ2) is 6.27. The maximum absolute atomic E-state index is 11.7. The molecule has 0 aromatic heterocycles. The third-order valence-electron chi connectivity index (χ3n) is 5.15. The molecule has 0 saturated heterocycles. The maximum atomic E-state index is 11.7. The molecule has 2 aliphatic rings. The smallest absolute Gasteiger partial charge is 0.238 e. The first-order valence-corrected chi connectivity index (χ1v) is 10.6. The van der Waals surface area contributed by atoms with Crippen LogP contribution in [0.4, 0.5) is 5.69 Å². The van der Waals surface area contributed by atoms with Gasteiger partial charge in [-0.1, -0.05) is 40.2 Å². The molecule has 0 bridgehead atoms. The van der Waals surface area contributed by atoms with E-state index in [-0.39, 0.29) is 10.8 Å². The van der Waals surface area contributed by atoms with Gasteiger partial charge in [-0.05, 0) is 60.2 Å². The SMILES string of the molecule is NS(=O)(=O)c1ccc2c(c1)C1C=CCC1C(Cc1ccc(Br)cc1)N2. The summed E-state index contributed by atoms with van der Waals surface area (Å²) in [5.41, 5.74) is 3.32. The van der Waals surface area contributed by atoms with E-state index in [0.29, 0.717) is 12.0 Å². The molecule has 0 saturated carbocycles. The van der Waals surface area contributed by atoms with Crippen LogP contribution in [0.25, 0.3) is 0 Å². The third-order valence-corrected chi connectivity index (χ3v) is 6.59. The van der Waals surface area contributed by atoms with Crippen molar-refractivity contribution in [1.82, 2.24) is 0 Å². The Kier molecular flexibility index (Phi) is 4.22. The van der Waals surface area contributed by atoms with Gasteiger partial charge in [-0.25, -0.2) is 13.6 Å². The van der Waals surface area contributed by atoms with Crippen LogP contribution in [-0.2, 0) is 16.4 Å². The summed E-state index contributed by atoms with van der Waals surface area (Å²) in [5, 5.41) is 8.92. The number of nitrogens with two attached hydrogens (primary N) is 1. The average Bonchev–Trinajstić information content (AvgIpc) is 3.06. The first kappa shape index (κ1) is 16.8. The summed E-state index contributed by atoms with van der Waals surface area (Å²) >= 11 is 3.47. The number of hydrogen-bond acceptors (Lipinski definition) is 3. The minimum Gasteiger partial charge on any atom is -0.381 e. The number of fused-ring (bicyclic) bond motifs is 3. The average molecular weight is 419 g/mol. The molecule has 6 heteroatoms. The second-order valence-electron chi connectivity index (χ2n) is 6.73. The van der Waals surface area contributed by atoms with Crippen LogP contribution in [0.15, 0.2) is 64.0 Å². The van der Waals surface area contributed by atoms with Gasteiger partial charge in [0.2, 0.25) is 10.0 Å². The predicted molar refractivity (Wildman–Crippen MR) is 103 cm³/mol. The summed E-state index contributed by atoms with van der Waals surface area (Å²) < 4.78 is 24.4. The fourth-order valence-corrected chi connectivity index (χ4v) is 4.74. The van der Waals surface area contributed by atoms with Gasteiger partial charge >= 0.3 is 0 Å². The second-order valence-corrected chi connectivity index (χ2v) is 9.21. The Morgan fingerprint density at radius 3 is 2.64 bits per heavy atom. The molecule has 1 heterocycles. The number of primary sulfonamides is 1. The van der Waals surface area contributed by atoms with E-state index < -0.39 is 10.0 Å². The predicted octanol–water partition coefficient (Wildman–Crippen LogP) is 3.79. The maximum Gasteiger partial charge on any atom is 0.238 e. The van der Waals surface area contributed by atoms with Crippen molar-refractivity contribution in [3.05, 3.63) is 70.2 Å². The van der Waals surface area contributed by atoms with Gasteiger partial charge in [0.15, 0.2) is 0 Å². The Hall–Kier alpha value is -1.63. The van der Waals surface area contributed by atoms with Crippen molar-refractivity contribution in [1.29, 1.82) is 0 Å². The van der Waals surface area contributed by atoms with Gasteiger partial charge in [-0.15, -0.1) is 0 Å². The highest BCUT2D eigenvalue weighted by molar-refractivity contribution is 9.10. The monoisotopic (exact) mass is 418 g/mol. The highest BCUT2D eigenvalue weighted by Gasteiger charge is 2.37. The number of rotatable bonds is 3. The molecule has 1 aliphatic heterocycles. The van der Waals surface area contributed by atoms with Crippen molar-refractivity contribution in [3.63, 3.8) is 0 Å². The summed E-state index contributed by atoms with van der Waals surface area (Å²) in [6.07, 6.45) is 6.33. The minimum absolute atomic E-state index is 0.179. The number of nitrogens with one attached hydrogen (secondary N) is 1. The molecule has 3 unspecified atom stereocenters. The van der Waals surface area contributed by atoms with E-state index in [1.54, 1.807) is 12.1 Å². The van der Waals surface area contributed by atoms with E-state index in [4.69, 9.17) is 5.14 Å². The Balaban J connectivity index is 1.67. The lowest BCUT2D eigenvalue weighted by Crippen LogP contribution is -2.37. The highest BCUT2D eigenvalue weighted by Crippen LogP contribution is 2.45. The van der Waals surface area contributed by atoms with Gasteiger partial charge in [-0.3, -0.25) is 0 Å². The van der Waals surface area contributed by atoms with Gasteiger partial charge in [-0.2, -0.15) is 0 Å². The quantitative estimate of drug-likeness (QED) is 0.744. The number of allylic oxidation sites excluding steroid dienone is 2. The lowest BCUT2D eigenvalue weighted by atomic mass is 9.77. The van der Waals surface area contributed by atoms with Crippen LogP contribution in [0.5, 0.6) is 0 Å². The third kappa shape index (κ3) is 3.26. The van der Waals surface area contributed by atoms with Crippen molar-refractivity contribution in [2.45, 2.75) is 29.7 Å². The van der Waals surface area contributed by atoms with Crippen LogP contribution in [0.3, 0.4) is 0 Å². The van der Waals surface area contributed by atoms with E-state index in [2.05, 4.69) is 57.7 Å². The van der Waals surface area contributed by atoms with Crippen LogP contribution in [0.1, 0.15) is 23.5 Å². The first-order chi connectivity index (χ1) is 11.9. The molecule has 25 heavy (non-hydrogen) atoms. The molecule has 3 atom stereocenters. The number of halogens is 1. The molecule has 0 radical (unpaired) electrons. The topological polar surface area (TPSA) is 72.2 Å². The van der Waals surface area contributed by atoms with E-state index in [9.17, 15) is 8.42 Å². The molecule has 1 aliphatic carbocycles. The van der Waals surface area contributed by atoms with E-state index in [1.807, 2.05) is 6.07 Å². The van der Waals surface area contributed by atoms with E-state index >= 15 is 0 Å². The van der Waals surface area contributed by atoms with Crippen LogP contribution >= 0.6 is 15.9 Å². The van der Waals surface area contributed by atoms with Crippen molar-refractivity contribution in [3.8, 4) is 0 Å². The molecule has 0 fully saturated rings. The van der Waals surface area contributed by atoms with E-state index in [1.165, 1.54) is 5.56 Å². The summed E-state index contributed by atoms with van der Waals surface area (Å²) in [6.45, 7) is 0. The zero-order valence-electron chi connectivity index (χ0n) is 13.5. The van der Waals surface area contributed by atoms with Crippen LogP contribution in [0.2, 0.25) is 0 Å². The molecule has 2 aromatic carbocycles. The normalized spacial score (nSPS) is 24.5. The van der Waals surface area contributed by atoms with E-state index in [0.717, 1.165) is 28.6 Å². The fraction of sp³-hybridized carbons (Fsp3) is 0.263. The summed E-state index contributed by atoms with van der Waals surface area (Å²) in [4.78, 5) is 0.179. The molecule has 0 spiro atoms. The van der Waals surface area contributed by atoms with Gasteiger partial charge in [0.05, 0.1) is 4.90 Å². The highest BCUT2D eigenvalue weighted by atomic mass is 79.9. The number of anilines is 1. The van der Waals surface area contributed by atoms with Gasteiger partial charge in [0, 0.05) is 22.1 Å². The van der Waals surface area contributed by atoms with Crippen molar-refractivity contribution in [2.24, 2.45) is 11.1 Å². The van der Waals surface area contributed by atoms with Crippen molar-refractivity contribution < 1.29 is 8.42 Å². The molecule has 4 rings (SSSR count). The Morgan fingerprint density at radius 2 is 1.92 bits per heavy atom. The lowest BCUT2D eigenvalue weighted by molar-refractivity contribution is 0.412. The first-order valence-electron chi connectivity index (χ1n) is 8.26. The zero-order valence-corrected chi connectivity index (χ0v) is 15.9. The number of sulfonamides is 1. The minimum atomic E-state index is -3.69. The molecule has 4 nitrogen and oxygen atoms in total. The Labute approximate surface area is 156 Å². The van der Waals surface area contributed by atoms with Crippen LogP contribution < -0.4 is 10.5 Å². The molecule has 0 amide bonds.